The largest absolute Gasteiger partial charge is 0.429 e. The lowest BCUT2D eigenvalue weighted by Gasteiger charge is -2.28. The Balaban J connectivity index is 2.32. The van der Waals surface area contributed by atoms with E-state index in [1.807, 2.05) is 0 Å². The van der Waals surface area contributed by atoms with Gasteiger partial charge in [-0.15, -0.1) is 11.3 Å². The molecule has 0 aliphatic rings. The van der Waals surface area contributed by atoms with Gasteiger partial charge in [0.2, 0.25) is 0 Å². The third-order valence-electron chi connectivity index (χ3n) is 4.17. The first-order valence-electron chi connectivity index (χ1n) is 7.43. The number of benzene rings is 1. The number of hydrogen-bond acceptors (Lipinski definition) is 4. The minimum absolute atomic E-state index is 0.0732. The van der Waals surface area contributed by atoms with Gasteiger partial charge in [-0.2, -0.15) is 13.2 Å². The van der Waals surface area contributed by atoms with E-state index in [-0.39, 0.29) is 22.6 Å². The van der Waals surface area contributed by atoms with E-state index >= 15 is 0 Å². The summed E-state index contributed by atoms with van der Waals surface area (Å²) in [5.41, 5.74) is -2.91. The minimum atomic E-state index is -5.02. The molecule has 0 radical (unpaired) electrons. The molecule has 0 aliphatic heterocycles. The zero-order chi connectivity index (χ0) is 18.6. The van der Waals surface area contributed by atoms with Gasteiger partial charge >= 0.3 is 6.18 Å². The van der Waals surface area contributed by atoms with Crippen molar-refractivity contribution in [2.75, 3.05) is 0 Å². The van der Waals surface area contributed by atoms with E-state index in [4.69, 9.17) is 0 Å². The number of halogens is 3. The maximum absolute atomic E-state index is 13.9. The number of H-pyrrole nitrogens is 1. The maximum atomic E-state index is 13.9. The SMILES string of the molecule is CC(=O)c1c(C)[nH]c([C@@](O)(c2nc3ccccc3s2)C(F)(F)F)c1C. The monoisotopic (exact) mass is 368 g/mol. The van der Waals surface area contributed by atoms with Crippen molar-refractivity contribution >= 4 is 27.3 Å². The highest BCUT2D eigenvalue weighted by Crippen LogP contribution is 2.47. The first-order valence-corrected chi connectivity index (χ1v) is 8.24. The topological polar surface area (TPSA) is 66.0 Å². The molecule has 2 N–H and O–H groups in total. The predicted molar refractivity (Wildman–Crippen MR) is 88.9 cm³/mol. The first kappa shape index (κ1) is 17.6. The second-order valence-electron chi connectivity index (χ2n) is 5.88. The van der Waals surface area contributed by atoms with Crippen LogP contribution >= 0.6 is 11.3 Å². The van der Waals surface area contributed by atoms with Gasteiger partial charge in [0.05, 0.1) is 15.9 Å². The number of carbonyl (C=O) groups is 1. The van der Waals surface area contributed by atoms with Crippen molar-refractivity contribution in [1.82, 2.24) is 9.97 Å². The highest BCUT2D eigenvalue weighted by molar-refractivity contribution is 7.18. The Hall–Kier alpha value is -2.19. The van der Waals surface area contributed by atoms with E-state index in [1.54, 1.807) is 24.3 Å². The van der Waals surface area contributed by atoms with Crippen molar-refractivity contribution in [2.24, 2.45) is 0 Å². The van der Waals surface area contributed by atoms with Crippen molar-refractivity contribution in [2.45, 2.75) is 32.5 Å². The molecule has 8 heteroatoms. The first-order chi connectivity index (χ1) is 11.6. The molecular weight excluding hydrogens is 353 g/mol. The number of aromatic amines is 1. The Morgan fingerprint density at radius 3 is 2.40 bits per heavy atom. The smallest absolute Gasteiger partial charge is 0.369 e. The molecule has 2 aromatic heterocycles. The van der Waals surface area contributed by atoms with Gasteiger partial charge in [-0.05, 0) is 38.5 Å². The number of fused-ring (bicyclic) bond motifs is 1. The predicted octanol–water partition coefficient (Wildman–Crippen LogP) is 4.24. The molecule has 1 aromatic carbocycles. The van der Waals surface area contributed by atoms with E-state index in [0.29, 0.717) is 10.2 Å². The number of hydrogen-bond donors (Lipinski definition) is 2. The number of ketones is 1. The zero-order valence-electron chi connectivity index (χ0n) is 13.7. The molecule has 0 saturated heterocycles. The van der Waals surface area contributed by atoms with Crippen LogP contribution in [0.15, 0.2) is 24.3 Å². The van der Waals surface area contributed by atoms with Gasteiger partial charge in [-0.25, -0.2) is 4.98 Å². The molecule has 4 nitrogen and oxygen atoms in total. The van der Waals surface area contributed by atoms with Gasteiger partial charge in [-0.1, -0.05) is 12.1 Å². The Morgan fingerprint density at radius 1 is 1.24 bits per heavy atom. The number of nitrogens with zero attached hydrogens (tertiary/aromatic N) is 1. The van der Waals surface area contributed by atoms with E-state index in [9.17, 15) is 23.1 Å². The number of thiazole rings is 1. The summed E-state index contributed by atoms with van der Waals surface area (Å²) in [6.07, 6.45) is -5.02. The molecule has 0 bridgehead atoms. The summed E-state index contributed by atoms with van der Waals surface area (Å²) in [6.45, 7) is 4.17. The van der Waals surface area contributed by atoms with Crippen LogP contribution in [0.4, 0.5) is 13.2 Å². The van der Waals surface area contributed by atoms with Crippen molar-refractivity contribution in [1.29, 1.82) is 0 Å². The van der Waals surface area contributed by atoms with Crippen LogP contribution in [0.25, 0.3) is 10.2 Å². The number of nitrogens with one attached hydrogen (secondary N) is 1. The van der Waals surface area contributed by atoms with Gasteiger partial charge in [0.15, 0.2) is 5.78 Å². The molecule has 132 valence electrons. The Kier molecular flexibility index (Phi) is 4.00. The molecule has 0 unspecified atom stereocenters. The second-order valence-corrected chi connectivity index (χ2v) is 6.91. The number of aliphatic hydroxyl groups is 1. The normalized spacial score (nSPS) is 14.7. The van der Waals surface area contributed by atoms with Crippen molar-refractivity contribution in [3.8, 4) is 0 Å². The molecule has 3 aromatic rings. The van der Waals surface area contributed by atoms with Gasteiger partial charge in [0, 0.05) is 11.3 Å². The third kappa shape index (κ3) is 2.56. The fraction of sp³-hybridized carbons (Fsp3) is 0.294. The van der Waals surface area contributed by atoms with Crippen molar-refractivity contribution < 1.29 is 23.1 Å². The van der Waals surface area contributed by atoms with Gasteiger partial charge in [0.25, 0.3) is 5.60 Å². The Bertz CT molecular complexity index is 941. The molecule has 25 heavy (non-hydrogen) atoms. The highest BCUT2D eigenvalue weighted by Gasteiger charge is 2.60. The van der Waals surface area contributed by atoms with Gasteiger partial charge in [-0.3, -0.25) is 4.79 Å². The lowest BCUT2D eigenvalue weighted by Crippen LogP contribution is -2.44. The fourth-order valence-corrected chi connectivity index (χ4v) is 4.12. The average Bonchev–Trinajstić information content (AvgIpc) is 3.06. The lowest BCUT2D eigenvalue weighted by molar-refractivity contribution is -0.249. The molecule has 0 aliphatic carbocycles. The quantitative estimate of drug-likeness (QED) is 0.680. The van der Waals surface area contributed by atoms with Crippen LogP contribution in [0.2, 0.25) is 0 Å². The molecular formula is C17H15F3N2O2S. The summed E-state index contributed by atoms with van der Waals surface area (Å²) < 4.78 is 42.3. The van der Waals surface area contributed by atoms with Crippen LogP contribution in [0.5, 0.6) is 0 Å². The molecule has 0 saturated carbocycles. The summed E-state index contributed by atoms with van der Waals surface area (Å²) >= 11 is 0.772. The summed E-state index contributed by atoms with van der Waals surface area (Å²) in [4.78, 5) is 18.3. The molecule has 0 fully saturated rings. The Labute approximate surface area is 145 Å². The minimum Gasteiger partial charge on any atom is -0.369 e. The van der Waals surface area contributed by atoms with E-state index < -0.39 is 22.5 Å². The van der Waals surface area contributed by atoms with Crippen LogP contribution < -0.4 is 0 Å². The lowest BCUT2D eigenvalue weighted by atomic mass is 9.94. The summed E-state index contributed by atoms with van der Waals surface area (Å²) in [7, 11) is 0. The standard InChI is InChI=1S/C17H15F3N2O2S/c1-8-13(10(3)23)9(2)21-14(8)16(24,17(18,19)20)15-22-11-6-4-5-7-12(11)25-15/h4-7,21,24H,1-3H3/t16-/m1/s1. The number of aryl methyl sites for hydroxylation is 1. The van der Waals surface area contributed by atoms with E-state index in [0.717, 1.165) is 11.3 Å². The Morgan fingerprint density at radius 2 is 1.88 bits per heavy atom. The van der Waals surface area contributed by atoms with Crippen LogP contribution in [0.3, 0.4) is 0 Å². The van der Waals surface area contributed by atoms with Crippen LogP contribution in [0, 0.1) is 13.8 Å². The van der Waals surface area contributed by atoms with Crippen molar-refractivity contribution in [3.63, 3.8) is 0 Å². The average molecular weight is 368 g/mol. The van der Waals surface area contributed by atoms with Crippen molar-refractivity contribution in [3.05, 3.63) is 51.8 Å². The maximum Gasteiger partial charge on any atom is 0.429 e. The number of aromatic nitrogens is 2. The fourth-order valence-electron chi connectivity index (χ4n) is 3.04. The summed E-state index contributed by atoms with van der Waals surface area (Å²) in [5.74, 6) is -0.369. The van der Waals surface area contributed by atoms with Crippen LogP contribution in [0.1, 0.15) is 39.2 Å². The summed E-state index contributed by atoms with van der Waals surface area (Å²) in [5, 5.41) is 10.3. The second kappa shape index (κ2) is 5.67. The van der Waals surface area contributed by atoms with Gasteiger partial charge in [0.1, 0.15) is 5.01 Å². The number of alkyl halides is 3. The zero-order valence-corrected chi connectivity index (χ0v) is 14.5. The van der Waals surface area contributed by atoms with Crippen LogP contribution in [-0.4, -0.2) is 27.0 Å². The highest BCUT2D eigenvalue weighted by atomic mass is 32.1. The third-order valence-corrected chi connectivity index (χ3v) is 5.31. The van der Waals surface area contributed by atoms with Gasteiger partial charge < -0.3 is 10.1 Å². The molecule has 1 atom stereocenters. The van der Waals surface area contributed by atoms with E-state index in [2.05, 4.69) is 9.97 Å². The van der Waals surface area contributed by atoms with Crippen LogP contribution in [-0.2, 0) is 5.60 Å². The number of Topliss-reactive ketones (excluding diaryl/α,β-unsaturated/α-hetero) is 1. The number of para-hydroxylation sites is 1. The summed E-state index contributed by atoms with van der Waals surface area (Å²) in [6, 6.07) is 6.58. The van der Waals surface area contributed by atoms with E-state index in [1.165, 1.54) is 20.8 Å². The molecule has 2 heterocycles. The number of rotatable bonds is 3. The number of carbonyl (C=O) groups excluding carboxylic acids is 1. The molecule has 0 amide bonds. The molecule has 0 spiro atoms. The molecule has 3 rings (SSSR count).